The predicted molar refractivity (Wildman–Crippen MR) is 95.3 cm³/mol. The highest BCUT2D eigenvalue weighted by Crippen LogP contribution is 2.50. The van der Waals surface area contributed by atoms with E-state index in [0.29, 0.717) is 11.3 Å². The first kappa shape index (κ1) is 18.6. The number of carbonyl (C=O) groups is 4. The van der Waals surface area contributed by atoms with Gasteiger partial charge in [0.15, 0.2) is 0 Å². The molecule has 2 fully saturated rings. The third-order valence-corrected chi connectivity index (χ3v) is 6.13. The van der Waals surface area contributed by atoms with Crippen LogP contribution in [0.15, 0.2) is 24.3 Å². The Morgan fingerprint density at radius 2 is 1.89 bits per heavy atom. The smallest absolute Gasteiger partial charge is 0.291 e. The van der Waals surface area contributed by atoms with Crippen molar-refractivity contribution in [2.24, 2.45) is 11.8 Å². The number of anilines is 1. The molecule has 8 heteroatoms. The monoisotopic (exact) mass is 385 g/mol. The molecule has 148 valence electrons. The summed E-state index contributed by atoms with van der Waals surface area (Å²) in [7, 11) is 0. The van der Waals surface area contributed by atoms with Crippen LogP contribution in [0.25, 0.3) is 0 Å². The number of benzene rings is 1. The molecule has 1 aromatic rings. The number of imide groups is 1. The maximum atomic E-state index is 13.4. The number of nitrogens with two attached hydrogens (primary N) is 1. The molecule has 28 heavy (non-hydrogen) atoms. The van der Waals surface area contributed by atoms with E-state index in [1.807, 2.05) is 0 Å². The van der Waals surface area contributed by atoms with E-state index in [9.17, 15) is 24.3 Å². The first-order chi connectivity index (χ1) is 13.1. The fourth-order valence-electron chi connectivity index (χ4n) is 5.13. The van der Waals surface area contributed by atoms with Crippen molar-refractivity contribution in [2.45, 2.75) is 50.7 Å². The van der Waals surface area contributed by atoms with Crippen LogP contribution in [0, 0.1) is 11.8 Å². The molecule has 4 rings (SSSR count). The Bertz CT molecular complexity index is 905. The van der Waals surface area contributed by atoms with Gasteiger partial charge in [0.05, 0.1) is 5.69 Å². The second kappa shape index (κ2) is 5.88. The highest BCUT2D eigenvalue weighted by atomic mass is 16.4. The van der Waals surface area contributed by atoms with Gasteiger partial charge >= 0.3 is 0 Å². The number of nitrogens with one attached hydrogen (secondary N) is 1. The topological polar surface area (TPSA) is 123 Å². The third-order valence-electron chi connectivity index (χ3n) is 6.13. The van der Waals surface area contributed by atoms with E-state index >= 15 is 0 Å². The fourth-order valence-corrected chi connectivity index (χ4v) is 5.13. The molecule has 0 saturated carbocycles. The normalized spacial score (nSPS) is 31.3. The van der Waals surface area contributed by atoms with Crippen molar-refractivity contribution < 1.29 is 29.6 Å². The lowest BCUT2D eigenvalue weighted by Crippen LogP contribution is -2.99. The number of hydrogen-bond acceptors (Lipinski definition) is 5. The number of nitrogens with zero attached hydrogens (tertiary/aromatic N) is 1. The number of aliphatic carboxylic acids is 1. The minimum Gasteiger partial charge on any atom is -0.550 e. The van der Waals surface area contributed by atoms with Crippen LogP contribution in [0.1, 0.15) is 39.2 Å². The highest BCUT2D eigenvalue weighted by molar-refractivity contribution is 6.14. The minimum atomic E-state index is -1.26. The number of likely N-dealkylation sites (tertiary alicyclic amines) is 1. The number of quaternary nitrogens is 1. The lowest BCUT2D eigenvalue weighted by molar-refractivity contribution is -0.734. The number of para-hydroxylation sites is 1. The number of carboxylic acids is 1. The lowest BCUT2D eigenvalue weighted by atomic mass is 9.76. The van der Waals surface area contributed by atoms with E-state index in [1.165, 1.54) is 4.90 Å². The molecular formula is C20H23N3O5. The highest BCUT2D eigenvalue weighted by Gasteiger charge is 2.74. The van der Waals surface area contributed by atoms with Crippen LogP contribution in [0.3, 0.4) is 0 Å². The summed E-state index contributed by atoms with van der Waals surface area (Å²) >= 11 is 0. The van der Waals surface area contributed by atoms with Gasteiger partial charge in [-0.25, -0.2) is 0 Å². The second-order valence-electron chi connectivity index (χ2n) is 8.80. The summed E-state index contributed by atoms with van der Waals surface area (Å²) < 4.78 is 0. The molecule has 1 spiro atoms. The van der Waals surface area contributed by atoms with E-state index in [1.54, 1.807) is 50.4 Å². The Morgan fingerprint density at radius 3 is 2.54 bits per heavy atom. The third kappa shape index (κ3) is 2.33. The maximum Gasteiger partial charge on any atom is 0.291 e. The van der Waals surface area contributed by atoms with E-state index < -0.39 is 34.9 Å². The molecule has 3 aliphatic rings. The number of carboxylic acid groups (broad SMARTS) is 1. The van der Waals surface area contributed by atoms with Crippen LogP contribution in [0.4, 0.5) is 5.69 Å². The van der Waals surface area contributed by atoms with E-state index in [4.69, 9.17) is 0 Å². The van der Waals surface area contributed by atoms with Gasteiger partial charge in [-0.15, -0.1) is 0 Å². The number of fused-ring (bicyclic) bond motifs is 4. The number of amides is 3. The quantitative estimate of drug-likeness (QED) is 0.627. The van der Waals surface area contributed by atoms with Crippen LogP contribution in [-0.2, 0) is 24.7 Å². The van der Waals surface area contributed by atoms with Crippen molar-refractivity contribution in [1.82, 2.24) is 4.90 Å². The van der Waals surface area contributed by atoms with Crippen molar-refractivity contribution in [2.75, 3.05) is 5.32 Å². The molecule has 1 aromatic carbocycles. The summed E-state index contributed by atoms with van der Waals surface area (Å²) in [5, 5.41) is 15.6. The summed E-state index contributed by atoms with van der Waals surface area (Å²) in [6.07, 6.45) is -0.0849. The molecule has 0 radical (unpaired) electrons. The first-order valence-corrected chi connectivity index (χ1v) is 9.44. The molecule has 3 aliphatic heterocycles. The fraction of sp³-hybridized carbons (Fsp3) is 0.500. The first-order valence-electron chi connectivity index (χ1n) is 9.44. The van der Waals surface area contributed by atoms with Gasteiger partial charge in [0.2, 0.25) is 17.4 Å². The van der Waals surface area contributed by atoms with Crippen LogP contribution in [-0.4, -0.2) is 40.2 Å². The molecule has 8 nitrogen and oxygen atoms in total. The van der Waals surface area contributed by atoms with Crippen LogP contribution in [0.2, 0.25) is 0 Å². The molecule has 3 amide bonds. The summed E-state index contributed by atoms with van der Waals surface area (Å²) in [5.41, 5.74) is -0.696. The van der Waals surface area contributed by atoms with Crippen LogP contribution in [0.5, 0.6) is 0 Å². The molecule has 0 aliphatic carbocycles. The van der Waals surface area contributed by atoms with Gasteiger partial charge in [0.1, 0.15) is 17.9 Å². The second-order valence-corrected chi connectivity index (χ2v) is 8.80. The Morgan fingerprint density at radius 1 is 1.21 bits per heavy atom. The molecule has 2 saturated heterocycles. The lowest BCUT2D eigenvalue weighted by Gasteiger charge is -2.33. The van der Waals surface area contributed by atoms with Gasteiger partial charge in [-0.2, -0.15) is 0 Å². The zero-order chi connectivity index (χ0) is 20.4. The van der Waals surface area contributed by atoms with E-state index in [-0.39, 0.29) is 30.6 Å². The van der Waals surface area contributed by atoms with Gasteiger partial charge in [-0.05, 0) is 33.3 Å². The Kier molecular flexibility index (Phi) is 3.91. The largest absolute Gasteiger partial charge is 0.550 e. The van der Waals surface area contributed by atoms with Gasteiger partial charge < -0.3 is 20.5 Å². The summed E-state index contributed by atoms with van der Waals surface area (Å²) in [4.78, 5) is 52.1. The molecule has 4 atom stereocenters. The van der Waals surface area contributed by atoms with E-state index in [0.717, 1.165) is 0 Å². The average Bonchev–Trinajstić information content (AvgIpc) is 3.17. The molecule has 3 N–H and O–H groups in total. The number of rotatable bonds is 3. The van der Waals surface area contributed by atoms with Crippen molar-refractivity contribution in [1.29, 1.82) is 0 Å². The van der Waals surface area contributed by atoms with E-state index in [2.05, 4.69) is 5.32 Å². The molecular weight excluding hydrogens is 362 g/mol. The predicted octanol–water partition coefficient (Wildman–Crippen LogP) is -1.29. The zero-order valence-corrected chi connectivity index (χ0v) is 16.0. The van der Waals surface area contributed by atoms with Crippen LogP contribution >= 0.6 is 0 Å². The average molecular weight is 385 g/mol. The summed E-state index contributed by atoms with van der Waals surface area (Å²) in [6.45, 7) is 5.33. The molecule has 3 heterocycles. The van der Waals surface area contributed by atoms with Gasteiger partial charge in [0, 0.05) is 23.5 Å². The van der Waals surface area contributed by atoms with Crippen molar-refractivity contribution >= 4 is 29.4 Å². The zero-order valence-electron chi connectivity index (χ0n) is 16.0. The number of carbonyl (C=O) groups excluding carboxylic acids is 4. The summed E-state index contributed by atoms with van der Waals surface area (Å²) in [6, 6.07) is 6.65. The Labute approximate surface area is 162 Å². The molecule has 0 aromatic heterocycles. The number of hydrogen-bond donors (Lipinski definition) is 2. The minimum absolute atomic E-state index is 0.150. The SMILES string of the molecule is CC(C)(C)N1C(=O)[C@@H]2[C@H](CCC(=O)[O-])[NH2+][C@@]3(C(=O)Nc4ccccc43)[C@@H]2C1=O. The van der Waals surface area contributed by atoms with Gasteiger partial charge in [-0.1, -0.05) is 18.2 Å². The maximum absolute atomic E-state index is 13.4. The Hall–Kier alpha value is -2.74. The molecule has 0 unspecified atom stereocenters. The van der Waals surface area contributed by atoms with Gasteiger partial charge in [-0.3, -0.25) is 19.3 Å². The Balaban J connectivity index is 1.86. The standard InChI is InChI=1S/C20H23N3O5/c1-19(2,3)23-16(26)14-12(8-9-13(24)25)22-20(15(14)17(23)27)10-6-4-5-7-11(10)21-18(20)28/h4-7,12,14-15,22H,8-9H2,1-3H3,(H,21,28)(H,24,25)/t12-,14+,15-,20+/m0/s1. The van der Waals surface area contributed by atoms with Crippen LogP contribution < -0.4 is 15.7 Å². The van der Waals surface area contributed by atoms with Crippen molar-refractivity contribution in [3.63, 3.8) is 0 Å². The molecule has 0 bridgehead atoms. The van der Waals surface area contributed by atoms with Gasteiger partial charge in [0.25, 0.3) is 5.91 Å². The van der Waals surface area contributed by atoms with Crippen molar-refractivity contribution in [3.8, 4) is 0 Å². The van der Waals surface area contributed by atoms with Crippen molar-refractivity contribution in [3.05, 3.63) is 29.8 Å². The summed E-state index contributed by atoms with van der Waals surface area (Å²) in [5.74, 6) is -3.88.